The smallest absolute Gasteiger partial charge is 0.236 e. The van der Waals surface area contributed by atoms with E-state index in [0.29, 0.717) is 30.9 Å². The fraction of sp³-hybridized carbons (Fsp3) is 0.577. The molecule has 2 saturated heterocycles. The Morgan fingerprint density at radius 2 is 1.89 bits per heavy atom. The third kappa shape index (κ3) is 6.28. The highest BCUT2D eigenvalue weighted by Crippen LogP contribution is 2.39. The summed E-state index contributed by atoms with van der Waals surface area (Å²) in [5.74, 6) is 1.16. The minimum Gasteiger partial charge on any atom is -0.480 e. The molecule has 0 bridgehead atoms. The molecule has 0 aromatic carbocycles. The minimum atomic E-state index is 0.381. The number of morpholine rings is 1. The molecule has 3 aromatic rings. The number of hydrogen-bond acceptors (Lipinski definition) is 11. The summed E-state index contributed by atoms with van der Waals surface area (Å²) in [7, 11) is 1.57. The lowest BCUT2D eigenvalue weighted by molar-refractivity contribution is 0.0126. The maximum atomic E-state index is 6.21. The van der Waals surface area contributed by atoms with Crippen LogP contribution in [-0.4, -0.2) is 85.3 Å². The van der Waals surface area contributed by atoms with Crippen LogP contribution in [0.25, 0.3) is 21.5 Å². The van der Waals surface area contributed by atoms with Crippen LogP contribution in [0.2, 0.25) is 0 Å². The number of rotatable bonds is 7. The first-order valence-corrected chi connectivity index (χ1v) is 14.5. The lowest BCUT2D eigenvalue weighted by Gasteiger charge is -2.31. The van der Waals surface area contributed by atoms with Crippen molar-refractivity contribution < 1.29 is 14.2 Å². The van der Waals surface area contributed by atoms with E-state index in [0.717, 1.165) is 79.6 Å². The summed E-state index contributed by atoms with van der Waals surface area (Å²) >= 11 is 5.28. The summed E-state index contributed by atoms with van der Waals surface area (Å²) in [4.78, 5) is 20.6. The number of likely N-dealkylation sites (tertiary alicyclic amines) is 1. The lowest BCUT2D eigenvalue weighted by Crippen LogP contribution is -2.37. The van der Waals surface area contributed by atoms with Crippen molar-refractivity contribution in [1.82, 2.24) is 19.9 Å². The molecule has 202 valence electrons. The Hall–Kier alpha value is -2.18. The van der Waals surface area contributed by atoms with E-state index in [1.54, 1.807) is 30.9 Å². The second-order valence-corrected chi connectivity index (χ2v) is 10.3. The Morgan fingerprint density at radius 1 is 1.16 bits per heavy atom. The molecule has 0 saturated carbocycles. The van der Waals surface area contributed by atoms with Crippen molar-refractivity contribution in [2.45, 2.75) is 39.3 Å². The van der Waals surface area contributed by atoms with Gasteiger partial charge in [0.05, 0.1) is 48.0 Å². The van der Waals surface area contributed by atoms with Crippen LogP contribution >= 0.6 is 24.0 Å². The molecular formula is C26H38N6O3S2. The van der Waals surface area contributed by atoms with Crippen molar-refractivity contribution in [1.29, 1.82) is 0 Å². The predicted molar refractivity (Wildman–Crippen MR) is 154 cm³/mol. The molecule has 5 rings (SSSR count). The number of nitrogens with two attached hydrogens (primary N) is 1. The summed E-state index contributed by atoms with van der Waals surface area (Å²) < 4.78 is 17.8. The van der Waals surface area contributed by atoms with E-state index < -0.39 is 0 Å². The van der Waals surface area contributed by atoms with Gasteiger partial charge in [0.2, 0.25) is 11.8 Å². The van der Waals surface area contributed by atoms with Crippen LogP contribution in [0.5, 0.6) is 5.88 Å². The summed E-state index contributed by atoms with van der Waals surface area (Å²) in [6.45, 7) is 10.9. The molecule has 0 radical (unpaired) electrons. The second-order valence-electron chi connectivity index (χ2n) is 9.04. The van der Waals surface area contributed by atoms with Crippen molar-refractivity contribution >= 4 is 45.8 Å². The van der Waals surface area contributed by atoms with Gasteiger partial charge in [-0.3, -0.25) is 4.90 Å². The standard InChI is InChI=1S/C25H34N6O3S.CH4S/c1-4-34-18-5-7-30(8-6-18)15-19-16(2)35-23-21(17-13-20(26)24(32-3)27-14-17)28-25(29-22(19)23)31-9-11-33-12-10-31;1-2/h13-14,18H,4-12,15,26H2,1-3H3;2H,1H3. The quantitative estimate of drug-likeness (QED) is 0.426. The highest BCUT2D eigenvalue weighted by atomic mass is 32.1. The lowest BCUT2D eigenvalue weighted by atomic mass is 10.1. The van der Waals surface area contributed by atoms with Crippen LogP contribution in [0.15, 0.2) is 12.3 Å². The maximum Gasteiger partial charge on any atom is 0.236 e. The van der Waals surface area contributed by atoms with Crippen molar-refractivity contribution in [3.63, 3.8) is 0 Å². The molecule has 2 N–H and O–H groups in total. The number of piperidine rings is 1. The number of thiophene rings is 1. The molecule has 0 spiro atoms. The maximum absolute atomic E-state index is 6.21. The first-order chi connectivity index (χ1) is 18.1. The van der Waals surface area contributed by atoms with Gasteiger partial charge in [-0.2, -0.15) is 12.6 Å². The molecule has 2 aliphatic heterocycles. The molecule has 2 aliphatic rings. The number of anilines is 2. The van der Waals surface area contributed by atoms with Crippen molar-refractivity contribution in [2.24, 2.45) is 0 Å². The van der Waals surface area contributed by atoms with E-state index in [1.165, 1.54) is 10.4 Å². The fourth-order valence-corrected chi connectivity index (χ4v) is 5.99. The monoisotopic (exact) mass is 546 g/mol. The van der Waals surface area contributed by atoms with Crippen LogP contribution in [0.1, 0.15) is 30.2 Å². The van der Waals surface area contributed by atoms with Gasteiger partial charge in [0, 0.05) is 61.5 Å². The number of pyridine rings is 1. The zero-order valence-corrected chi connectivity index (χ0v) is 23.9. The summed E-state index contributed by atoms with van der Waals surface area (Å²) in [6.07, 6.45) is 6.01. The molecule has 2 fully saturated rings. The van der Waals surface area contributed by atoms with E-state index in [1.807, 2.05) is 6.07 Å². The molecule has 9 nitrogen and oxygen atoms in total. The van der Waals surface area contributed by atoms with E-state index in [-0.39, 0.29) is 0 Å². The second kappa shape index (κ2) is 13.1. The van der Waals surface area contributed by atoms with Crippen LogP contribution < -0.4 is 15.4 Å². The number of aromatic nitrogens is 3. The Bertz CT molecular complexity index is 1180. The first kappa shape index (κ1) is 27.8. The Kier molecular flexibility index (Phi) is 9.83. The largest absolute Gasteiger partial charge is 0.480 e. The van der Waals surface area contributed by atoms with Crippen molar-refractivity contribution in [3.05, 3.63) is 22.7 Å². The van der Waals surface area contributed by atoms with Crippen molar-refractivity contribution in [3.8, 4) is 17.1 Å². The van der Waals surface area contributed by atoms with Crippen LogP contribution in [0.4, 0.5) is 11.6 Å². The van der Waals surface area contributed by atoms with E-state index >= 15 is 0 Å². The zero-order chi connectivity index (χ0) is 26.4. The van der Waals surface area contributed by atoms with Gasteiger partial charge in [-0.1, -0.05) is 0 Å². The van der Waals surface area contributed by atoms with Gasteiger partial charge in [0.1, 0.15) is 0 Å². The number of hydrogen-bond donors (Lipinski definition) is 2. The third-order valence-electron chi connectivity index (χ3n) is 6.78. The summed E-state index contributed by atoms with van der Waals surface area (Å²) in [5, 5.41) is 0. The third-order valence-corrected chi connectivity index (χ3v) is 7.92. The Morgan fingerprint density at radius 3 is 2.54 bits per heavy atom. The van der Waals surface area contributed by atoms with Gasteiger partial charge in [0.15, 0.2) is 0 Å². The number of aryl methyl sites for hydroxylation is 1. The van der Waals surface area contributed by atoms with Gasteiger partial charge in [-0.25, -0.2) is 15.0 Å². The van der Waals surface area contributed by atoms with Gasteiger partial charge in [-0.15, -0.1) is 11.3 Å². The molecule has 5 heterocycles. The molecule has 0 atom stereocenters. The minimum absolute atomic E-state index is 0.381. The zero-order valence-electron chi connectivity index (χ0n) is 22.2. The molecule has 0 unspecified atom stereocenters. The number of nitrogens with zero attached hydrogens (tertiary/aromatic N) is 5. The average molecular weight is 547 g/mol. The van der Waals surface area contributed by atoms with Crippen LogP contribution in [-0.2, 0) is 16.0 Å². The highest BCUT2D eigenvalue weighted by molar-refractivity contribution is 7.79. The number of nitrogen functional groups attached to an aromatic ring is 1. The van der Waals surface area contributed by atoms with Gasteiger partial charge in [0.25, 0.3) is 0 Å². The van der Waals surface area contributed by atoms with E-state index in [2.05, 4.69) is 41.3 Å². The topological polar surface area (TPSA) is 98.9 Å². The number of fused-ring (bicyclic) bond motifs is 1. The number of thiol groups is 1. The van der Waals surface area contributed by atoms with Gasteiger partial charge in [-0.05, 0) is 39.0 Å². The van der Waals surface area contributed by atoms with E-state index in [4.69, 9.17) is 29.9 Å². The predicted octanol–water partition coefficient (Wildman–Crippen LogP) is 4.04. The van der Waals surface area contributed by atoms with E-state index in [9.17, 15) is 0 Å². The SMILES string of the molecule is CCOC1CCN(Cc2c(C)sc3c(-c4cnc(OC)c(N)c4)nc(N4CCOCC4)nc23)CC1.CS. The molecule has 11 heteroatoms. The normalized spacial score (nSPS) is 17.1. The van der Waals surface area contributed by atoms with Crippen LogP contribution in [0.3, 0.4) is 0 Å². The van der Waals surface area contributed by atoms with Gasteiger partial charge < -0.3 is 24.8 Å². The number of ether oxygens (including phenoxy) is 3. The molecular weight excluding hydrogens is 508 g/mol. The molecule has 3 aromatic heterocycles. The van der Waals surface area contributed by atoms with Crippen LogP contribution in [0, 0.1) is 6.92 Å². The molecule has 0 aliphatic carbocycles. The fourth-order valence-electron chi connectivity index (χ4n) is 4.87. The van der Waals surface area contributed by atoms with Gasteiger partial charge >= 0.3 is 0 Å². The highest BCUT2D eigenvalue weighted by Gasteiger charge is 2.25. The Balaban J connectivity index is 0.00000156. The summed E-state index contributed by atoms with van der Waals surface area (Å²) in [5.41, 5.74) is 10.8. The number of methoxy groups -OCH3 is 1. The molecule has 37 heavy (non-hydrogen) atoms. The van der Waals surface area contributed by atoms with Crippen molar-refractivity contribution in [2.75, 3.05) is 70.0 Å². The average Bonchev–Trinajstić information content (AvgIpc) is 3.25. The Labute approximate surface area is 228 Å². The molecule has 0 amide bonds. The summed E-state index contributed by atoms with van der Waals surface area (Å²) in [6, 6.07) is 1.89. The first-order valence-electron chi connectivity index (χ1n) is 12.8.